The Morgan fingerprint density at radius 3 is 2.76 bits per heavy atom. The van der Waals surface area contributed by atoms with E-state index in [9.17, 15) is 10.1 Å². The SMILES string of the molecule is O=[N+]([O-])c1cnn(Cc2ccc(-c3nc(-c4cccs4)no3)cc2)c1. The summed E-state index contributed by atoms with van der Waals surface area (Å²) in [7, 11) is 0. The molecule has 124 valence electrons. The fraction of sp³-hybridized carbons (Fsp3) is 0.0625. The molecule has 3 aromatic heterocycles. The molecule has 3 heterocycles. The van der Waals surface area contributed by atoms with Gasteiger partial charge in [0, 0.05) is 5.56 Å². The Bertz CT molecular complexity index is 1000. The molecule has 0 aliphatic rings. The summed E-state index contributed by atoms with van der Waals surface area (Å²) < 4.78 is 6.84. The lowest BCUT2D eigenvalue weighted by atomic mass is 10.1. The maximum atomic E-state index is 10.7. The summed E-state index contributed by atoms with van der Waals surface area (Å²) in [5.74, 6) is 1.02. The second-order valence-corrected chi connectivity index (χ2v) is 6.20. The zero-order valence-electron chi connectivity index (χ0n) is 12.8. The van der Waals surface area contributed by atoms with Crippen LogP contribution >= 0.6 is 11.3 Å². The highest BCUT2D eigenvalue weighted by atomic mass is 32.1. The van der Waals surface area contributed by atoms with Crippen LogP contribution < -0.4 is 0 Å². The second-order valence-electron chi connectivity index (χ2n) is 5.25. The number of thiophene rings is 1. The van der Waals surface area contributed by atoms with Crippen LogP contribution in [0.15, 0.2) is 58.7 Å². The highest BCUT2D eigenvalue weighted by Gasteiger charge is 2.12. The van der Waals surface area contributed by atoms with Crippen LogP contribution in [0.1, 0.15) is 5.56 Å². The number of nitrogens with zero attached hydrogens (tertiary/aromatic N) is 5. The van der Waals surface area contributed by atoms with Gasteiger partial charge in [0.15, 0.2) is 0 Å². The Morgan fingerprint density at radius 2 is 2.08 bits per heavy atom. The van der Waals surface area contributed by atoms with E-state index in [1.165, 1.54) is 17.1 Å². The van der Waals surface area contributed by atoms with E-state index in [4.69, 9.17) is 4.52 Å². The molecular weight excluding hydrogens is 342 g/mol. The number of nitro groups is 1. The van der Waals surface area contributed by atoms with Gasteiger partial charge in [-0.2, -0.15) is 10.1 Å². The molecule has 0 radical (unpaired) electrons. The van der Waals surface area contributed by atoms with Gasteiger partial charge in [-0.3, -0.25) is 14.8 Å². The summed E-state index contributed by atoms with van der Waals surface area (Å²) in [5.41, 5.74) is 1.74. The van der Waals surface area contributed by atoms with E-state index < -0.39 is 4.92 Å². The highest BCUT2D eigenvalue weighted by molar-refractivity contribution is 7.13. The van der Waals surface area contributed by atoms with Crippen LogP contribution in [0.4, 0.5) is 5.69 Å². The lowest BCUT2D eigenvalue weighted by molar-refractivity contribution is -0.385. The van der Waals surface area contributed by atoms with Gasteiger partial charge in [-0.1, -0.05) is 23.4 Å². The van der Waals surface area contributed by atoms with Gasteiger partial charge in [-0.25, -0.2) is 0 Å². The predicted molar refractivity (Wildman–Crippen MR) is 91.0 cm³/mol. The molecule has 0 spiro atoms. The van der Waals surface area contributed by atoms with Crippen LogP contribution in [0.2, 0.25) is 0 Å². The van der Waals surface area contributed by atoms with Gasteiger partial charge in [0.2, 0.25) is 5.82 Å². The van der Waals surface area contributed by atoms with E-state index >= 15 is 0 Å². The summed E-state index contributed by atoms with van der Waals surface area (Å²) >= 11 is 1.55. The largest absolute Gasteiger partial charge is 0.334 e. The molecule has 4 aromatic rings. The first-order valence-corrected chi connectivity index (χ1v) is 8.21. The van der Waals surface area contributed by atoms with Crippen molar-refractivity contribution in [1.82, 2.24) is 19.9 Å². The molecule has 0 N–H and O–H groups in total. The van der Waals surface area contributed by atoms with Crippen LogP contribution in [-0.2, 0) is 6.54 Å². The zero-order valence-corrected chi connectivity index (χ0v) is 13.6. The molecule has 8 nitrogen and oxygen atoms in total. The minimum atomic E-state index is -0.465. The van der Waals surface area contributed by atoms with Crippen molar-refractivity contribution >= 4 is 17.0 Å². The summed E-state index contributed by atoms with van der Waals surface area (Å²) in [6.45, 7) is 0.443. The summed E-state index contributed by atoms with van der Waals surface area (Å²) in [6, 6.07) is 11.4. The molecular formula is C16H11N5O3S. The third kappa shape index (κ3) is 3.17. The maximum Gasteiger partial charge on any atom is 0.307 e. The smallest absolute Gasteiger partial charge is 0.307 e. The van der Waals surface area contributed by atoms with Crippen molar-refractivity contribution in [3.8, 4) is 22.2 Å². The third-order valence-corrected chi connectivity index (χ3v) is 4.41. The molecule has 0 unspecified atom stereocenters. The van der Waals surface area contributed by atoms with Crippen molar-refractivity contribution < 1.29 is 9.45 Å². The topological polar surface area (TPSA) is 99.9 Å². The van der Waals surface area contributed by atoms with Gasteiger partial charge < -0.3 is 4.52 Å². The molecule has 0 fully saturated rings. The van der Waals surface area contributed by atoms with Gasteiger partial charge in [0.1, 0.15) is 12.4 Å². The first kappa shape index (κ1) is 15.2. The summed E-state index contributed by atoms with van der Waals surface area (Å²) in [6.07, 6.45) is 2.64. The number of aromatic nitrogens is 4. The Kier molecular flexibility index (Phi) is 3.82. The minimum absolute atomic E-state index is 0.0245. The van der Waals surface area contributed by atoms with Crippen molar-refractivity contribution in [3.63, 3.8) is 0 Å². The highest BCUT2D eigenvalue weighted by Crippen LogP contribution is 2.25. The standard InChI is InChI=1S/C16H11N5O3S/c22-21(23)13-8-17-20(10-13)9-11-3-5-12(6-4-11)16-18-15(19-24-16)14-2-1-7-25-14/h1-8,10H,9H2. The summed E-state index contributed by atoms with van der Waals surface area (Å²) in [5, 5.41) is 20.6. The predicted octanol–water partition coefficient (Wildman–Crippen LogP) is 3.62. The van der Waals surface area contributed by atoms with Crippen LogP contribution in [-0.4, -0.2) is 24.8 Å². The van der Waals surface area contributed by atoms with Gasteiger partial charge in [-0.15, -0.1) is 11.3 Å². The molecule has 0 saturated heterocycles. The van der Waals surface area contributed by atoms with Crippen molar-refractivity contribution in [1.29, 1.82) is 0 Å². The fourth-order valence-corrected chi connectivity index (χ4v) is 2.97. The first-order valence-electron chi connectivity index (χ1n) is 7.33. The molecule has 0 aliphatic carbocycles. The van der Waals surface area contributed by atoms with Crippen molar-refractivity contribution in [3.05, 3.63) is 69.8 Å². The molecule has 25 heavy (non-hydrogen) atoms. The minimum Gasteiger partial charge on any atom is -0.334 e. The van der Waals surface area contributed by atoms with Crippen LogP contribution in [0, 0.1) is 10.1 Å². The molecule has 9 heteroatoms. The van der Waals surface area contributed by atoms with E-state index in [2.05, 4.69) is 15.2 Å². The number of hydrogen-bond acceptors (Lipinski definition) is 7. The van der Waals surface area contributed by atoms with Gasteiger partial charge >= 0.3 is 5.69 Å². The van der Waals surface area contributed by atoms with Crippen LogP contribution in [0.3, 0.4) is 0 Å². The van der Waals surface area contributed by atoms with Crippen molar-refractivity contribution in [2.75, 3.05) is 0 Å². The molecule has 0 saturated carbocycles. The second kappa shape index (κ2) is 6.29. The van der Waals surface area contributed by atoms with Gasteiger partial charge in [0.05, 0.1) is 16.3 Å². The summed E-state index contributed by atoms with van der Waals surface area (Å²) in [4.78, 5) is 15.6. The van der Waals surface area contributed by atoms with E-state index in [-0.39, 0.29) is 5.69 Å². The number of hydrogen-bond donors (Lipinski definition) is 0. The van der Waals surface area contributed by atoms with Crippen LogP contribution in [0.25, 0.3) is 22.2 Å². The fourth-order valence-electron chi connectivity index (χ4n) is 2.32. The average molecular weight is 353 g/mol. The van der Waals surface area contributed by atoms with E-state index in [1.54, 1.807) is 11.3 Å². The zero-order chi connectivity index (χ0) is 17.2. The Balaban J connectivity index is 1.51. The Labute approximate surface area is 145 Å². The monoisotopic (exact) mass is 353 g/mol. The Morgan fingerprint density at radius 1 is 1.24 bits per heavy atom. The average Bonchev–Trinajstić information content (AvgIpc) is 3.36. The van der Waals surface area contributed by atoms with Crippen molar-refractivity contribution in [2.24, 2.45) is 0 Å². The number of rotatable bonds is 5. The number of benzene rings is 1. The van der Waals surface area contributed by atoms with Crippen LogP contribution in [0.5, 0.6) is 0 Å². The lowest BCUT2D eigenvalue weighted by Gasteiger charge is -2.02. The normalized spacial score (nSPS) is 10.9. The molecule has 4 rings (SSSR count). The maximum absolute atomic E-state index is 10.7. The molecule has 0 atom stereocenters. The quantitative estimate of drug-likeness (QED) is 0.401. The van der Waals surface area contributed by atoms with E-state index in [0.717, 1.165) is 16.0 Å². The molecule has 0 aliphatic heterocycles. The Hall–Kier alpha value is -3.33. The first-order chi connectivity index (χ1) is 12.2. The molecule has 0 amide bonds. The van der Waals surface area contributed by atoms with Gasteiger partial charge in [0.25, 0.3) is 5.89 Å². The molecule has 0 bridgehead atoms. The third-order valence-electron chi connectivity index (χ3n) is 3.54. The lowest BCUT2D eigenvalue weighted by Crippen LogP contribution is -1.99. The van der Waals surface area contributed by atoms with Crippen molar-refractivity contribution in [2.45, 2.75) is 6.54 Å². The molecule has 1 aromatic carbocycles. The van der Waals surface area contributed by atoms with E-state index in [0.29, 0.717) is 18.3 Å². The van der Waals surface area contributed by atoms with E-state index in [1.807, 2.05) is 41.8 Å². The van der Waals surface area contributed by atoms with Gasteiger partial charge in [-0.05, 0) is 29.1 Å².